The zero-order valence-electron chi connectivity index (χ0n) is 8.35. The third-order valence-corrected chi connectivity index (χ3v) is 2.39. The van der Waals surface area contributed by atoms with E-state index in [-0.39, 0.29) is 13.2 Å². The zero-order valence-corrected chi connectivity index (χ0v) is 8.35. The number of hydrogen-bond acceptors (Lipinski definition) is 4. The van der Waals surface area contributed by atoms with Crippen molar-refractivity contribution >= 4 is 5.97 Å². The molecule has 0 aromatic carbocycles. The van der Waals surface area contributed by atoms with Crippen molar-refractivity contribution in [2.24, 2.45) is 0 Å². The molecule has 0 atom stereocenters. The highest BCUT2D eigenvalue weighted by molar-refractivity contribution is 5.67. The molecule has 0 amide bonds. The van der Waals surface area contributed by atoms with Crippen molar-refractivity contribution in [2.45, 2.75) is 32.4 Å². The number of rotatable bonds is 4. The molecule has 6 heteroatoms. The SMILES string of the molecule is O=C(O)COCc1nnc2n1CCCC2. The number of aryl methyl sites for hydroxylation is 1. The van der Waals surface area contributed by atoms with Crippen LogP contribution in [-0.4, -0.2) is 32.4 Å². The average molecular weight is 211 g/mol. The summed E-state index contributed by atoms with van der Waals surface area (Å²) < 4.78 is 7.00. The Bertz CT molecular complexity index is 361. The van der Waals surface area contributed by atoms with Gasteiger partial charge in [-0.25, -0.2) is 4.79 Å². The second-order valence-electron chi connectivity index (χ2n) is 3.53. The summed E-state index contributed by atoms with van der Waals surface area (Å²) in [4.78, 5) is 10.2. The minimum absolute atomic E-state index is 0.222. The van der Waals surface area contributed by atoms with Gasteiger partial charge in [-0.05, 0) is 12.8 Å². The first kappa shape index (κ1) is 10.1. The number of fused-ring (bicyclic) bond motifs is 1. The minimum atomic E-state index is -0.964. The molecule has 82 valence electrons. The largest absolute Gasteiger partial charge is 0.480 e. The van der Waals surface area contributed by atoms with Crippen molar-refractivity contribution in [1.29, 1.82) is 0 Å². The quantitative estimate of drug-likeness (QED) is 0.770. The Labute approximate surface area is 86.9 Å². The van der Waals surface area contributed by atoms with Gasteiger partial charge in [-0.3, -0.25) is 0 Å². The van der Waals surface area contributed by atoms with Crippen LogP contribution >= 0.6 is 0 Å². The van der Waals surface area contributed by atoms with Gasteiger partial charge in [0.25, 0.3) is 0 Å². The summed E-state index contributed by atoms with van der Waals surface area (Å²) in [6.07, 6.45) is 3.22. The lowest BCUT2D eigenvalue weighted by Crippen LogP contribution is -2.15. The van der Waals surface area contributed by atoms with Gasteiger partial charge < -0.3 is 14.4 Å². The molecule has 0 spiro atoms. The van der Waals surface area contributed by atoms with E-state index in [9.17, 15) is 4.79 Å². The fourth-order valence-electron chi connectivity index (χ4n) is 1.70. The van der Waals surface area contributed by atoms with Gasteiger partial charge in [-0.15, -0.1) is 10.2 Å². The number of aromatic nitrogens is 3. The van der Waals surface area contributed by atoms with Crippen LogP contribution in [0.3, 0.4) is 0 Å². The number of carboxylic acids is 1. The van der Waals surface area contributed by atoms with Crippen molar-refractivity contribution in [3.05, 3.63) is 11.6 Å². The van der Waals surface area contributed by atoms with Crippen LogP contribution in [-0.2, 0) is 29.1 Å². The third kappa shape index (κ3) is 2.33. The highest BCUT2D eigenvalue weighted by atomic mass is 16.5. The molecule has 0 unspecified atom stereocenters. The van der Waals surface area contributed by atoms with E-state index >= 15 is 0 Å². The number of nitrogens with zero attached hydrogens (tertiary/aromatic N) is 3. The molecule has 2 rings (SSSR count). The van der Waals surface area contributed by atoms with Crippen molar-refractivity contribution in [3.8, 4) is 0 Å². The second kappa shape index (κ2) is 4.39. The smallest absolute Gasteiger partial charge is 0.329 e. The van der Waals surface area contributed by atoms with Crippen LogP contribution in [0.15, 0.2) is 0 Å². The van der Waals surface area contributed by atoms with Gasteiger partial charge in [0, 0.05) is 13.0 Å². The Morgan fingerprint density at radius 2 is 2.33 bits per heavy atom. The molecule has 1 aliphatic rings. The number of carboxylic acid groups (broad SMARTS) is 1. The molecular weight excluding hydrogens is 198 g/mol. The van der Waals surface area contributed by atoms with Crippen LogP contribution in [0.25, 0.3) is 0 Å². The zero-order chi connectivity index (χ0) is 10.7. The van der Waals surface area contributed by atoms with E-state index in [1.807, 2.05) is 4.57 Å². The molecule has 2 heterocycles. The van der Waals surface area contributed by atoms with Crippen molar-refractivity contribution < 1.29 is 14.6 Å². The lowest BCUT2D eigenvalue weighted by Gasteiger charge is -2.14. The maximum Gasteiger partial charge on any atom is 0.329 e. The molecule has 1 N–H and O–H groups in total. The first-order chi connectivity index (χ1) is 7.27. The molecule has 1 aromatic rings. The van der Waals surface area contributed by atoms with Crippen LogP contribution in [0.5, 0.6) is 0 Å². The number of hydrogen-bond donors (Lipinski definition) is 1. The van der Waals surface area contributed by atoms with Gasteiger partial charge in [-0.2, -0.15) is 0 Å². The molecule has 1 aliphatic heterocycles. The number of carbonyl (C=O) groups is 1. The normalized spacial score (nSPS) is 14.9. The molecule has 0 saturated heterocycles. The molecule has 0 aliphatic carbocycles. The first-order valence-corrected chi connectivity index (χ1v) is 4.98. The lowest BCUT2D eigenvalue weighted by molar-refractivity contribution is -0.142. The second-order valence-corrected chi connectivity index (χ2v) is 3.53. The van der Waals surface area contributed by atoms with Gasteiger partial charge in [0.2, 0.25) is 0 Å². The van der Waals surface area contributed by atoms with Gasteiger partial charge in [0.1, 0.15) is 19.0 Å². The Balaban J connectivity index is 1.96. The van der Waals surface area contributed by atoms with Gasteiger partial charge in [0.15, 0.2) is 5.82 Å². The summed E-state index contributed by atoms with van der Waals surface area (Å²) in [6, 6.07) is 0. The van der Waals surface area contributed by atoms with Gasteiger partial charge in [-0.1, -0.05) is 0 Å². The topological polar surface area (TPSA) is 77.2 Å². The fourth-order valence-corrected chi connectivity index (χ4v) is 1.70. The standard InChI is InChI=1S/C9H13N3O3/c13-9(14)6-15-5-8-11-10-7-3-1-2-4-12(7)8/h1-6H2,(H,13,14). The number of ether oxygens (including phenoxy) is 1. The summed E-state index contributed by atoms with van der Waals surface area (Å²) in [5.74, 6) is 0.745. The van der Waals surface area contributed by atoms with E-state index < -0.39 is 5.97 Å². The lowest BCUT2D eigenvalue weighted by atomic mass is 10.2. The number of aliphatic carboxylic acids is 1. The van der Waals surface area contributed by atoms with Crippen molar-refractivity contribution in [2.75, 3.05) is 6.61 Å². The van der Waals surface area contributed by atoms with E-state index in [0.29, 0.717) is 0 Å². The molecule has 0 bridgehead atoms. The average Bonchev–Trinajstić information content (AvgIpc) is 2.62. The Kier molecular flexibility index (Phi) is 2.96. The molecule has 0 radical (unpaired) electrons. The molecule has 1 aromatic heterocycles. The maximum atomic E-state index is 10.2. The van der Waals surface area contributed by atoms with Crippen molar-refractivity contribution in [3.63, 3.8) is 0 Å². The fraction of sp³-hybridized carbons (Fsp3) is 0.667. The first-order valence-electron chi connectivity index (χ1n) is 4.98. The molecular formula is C9H13N3O3. The summed E-state index contributed by atoms with van der Waals surface area (Å²) in [5.41, 5.74) is 0. The van der Waals surface area contributed by atoms with E-state index in [4.69, 9.17) is 9.84 Å². The van der Waals surface area contributed by atoms with Crippen LogP contribution < -0.4 is 0 Å². The van der Waals surface area contributed by atoms with E-state index in [2.05, 4.69) is 10.2 Å². The third-order valence-electron chi connectivity index (χ3n) is 2.39. The minimum Gasteiger partial charge on any atom is -0.480 e. The van der Waals surface area contributed by atoms with Crippen LogP contribution in [0.2, 0.25) is 0 Å². The Hall–Kier alpha value is -1.43. The summed E-state index contributed by atoms with van der Waals surface area (Å²) in [6.45, 7) is 0.843. The van der Waals surface area contributed by atoms with Crippen molar-refractivity contribution in [1.82, 2.24) is 14.8 Å². The van der Waals surface area contributed by atoms with E-state index in [1.165, 1.54) is 0 Å². The molecule has 0 fully saturated rings. The van der Waals surface area contributed by atoms with Gasteiger partial charge >= 0.3 is 5.97 Å². The maximum absolute atomic E-state index is 10.2. The molecule has 6 nitrogen and oxygen atoms in total. The van der Waals surface area contributed by atoms with Crippen LogP contribution in [0.4, 0.5) is 0 Å². The Morgan fingerprint density at radius 3 is 3.13 bits per heavy atom. The summed E-state index contributed by atoms with van der Waals surface area (Å²) >= 11 is 0. The highest BCUT2D eigenvalue weighted by Gasteiger charge is 2.15. The van der Waals surface area contributed by atoms with E-state index in [1.54, 1.807) is 0 Å². The predicted octanol–water partition coefficient (Wildman–Crippen LogP) is 0.216. The summed E-state index contributed by atoms with van der Waals surface area (Å²) in [5, 5.41) is 16.4. The van der Waals surface area contributed by atoms with Crippen LogP contribution in [0, 0.1) is 0 Å². The predicted molar refractivity (Wildman–Crippen MR) is 50.3 cm³/mol. The highest BCUT2D eigenvalue weighted by Crippen LogP contribution is 2.14. The van der Waals surface area contributed by atoms with Gasteiger partial charge in [0.05, 0.1) is 0 Å². The summed E-state index contributed by atoms with van der Waals surface area (Å²) in [7, 11) is 0. The van der Waals surface area contributed by atoms with E-state index in [0.717, 1.165) is 37.5 Å². The van der Waals surface area contributed by atoms with Crippen LogP contribution in [0.1, 0.15) is 24.5 Å². The Morgan fingerprint density at radius 1 is 1.47 bits per heavy atom. The molecule has 0 saturated carbocycles. The molecule has 15 heavy (non-hydrogen) atoms. The monoisotopic (exact) mass is 211 g/mol.